The number of hydrogen-bond acceptors (Lipinski definition) is 9. The average molecular weight is 409 g/mol. The van der Waals surface area contributed by atoms with Gasteiger partial charge in [0.05, 0.1) is 6.54 Å². The van der Waals surface area contributed by atoms with Crippen LogP contribution in [-0.2, 0) is 39.9 Å². The number of likely N-dealkylation sites (tertiary alicyclic amines) is 1. The van der Waals surface area contributed by atoms with Crippen LogP contribution in [-0.4, -0.2) is 65.1 Å². The summed E-state index contributed by atoms with van der Waals surface area (Å²) in [5.41, 5.74) is 0.721. The first-order valence-electron chi connectivity index (χ1n) is 8.86. The number of amides is 1. The molecular weight excluding hydrogens is 386 g/mol. The third-order valence-corrected chi connectivity index (χ3v) is 4.04. The fourth-order valence-corrected chi connectivity index (χ4v) is 2.92. The Morgan fingerprint density at radius 3 is 2.03 bits per heavy atom. The minimum Gasteiger partial charge on any atom is -0.457 e. The molecule has 1 aliphatic rings. The molecule has 0 saturated carbocycles. The number of aliphatic hydroxyl groups excluding tert-OH is 1. The molecule has 0 aromatic heterocycles. The molecule has 0 aliphatic carbocycles. The van der Waals surface area contributed by atoms with E-state index in [1.54, 1.807) is 24.3 Å². The minimum absolute atomic E-state index is 0.0628. The van der Waals surface area contributed by atoms with E-state index in [-0.39, 0.29) is 13.2 Å². The maximum atomic E-state index is 12.5. The van der Waals surface area contributed by atoms with Crippen LogP contribution in [0.1, 0.15) is 26.3 Å². The van der Waals surface area contributed by atoms with E-state index in [0.29, 0.717) is 0 Å². The van der Waals surface area contributed by atoms with Gasteiger partial charge in [0.15, 0.2) is 24.5 Å². The van der Waals surface area contributed by atoms with Gasteiger partial charge in [0.1, 0.15) is 6.61 Å². The van der Waals surface area contributed by atoms with Crippen LogP contribution in [0.2, 0.25) is 0 Å². The number of ether oxygens (including phenoxy) is 4. The van der Waals surface area contributed by atoms with Gasteiger partial charge in [-0.3, -0.25) is 19.3 Å². The van der Waals surface area contributed by atoms with Crippen LogP contribution in [0.4, 0.5) is 4.79 Å². The summed E-state index contributed by atoms with van der Waals surface area (Å²) in [7, 11) is 0. The SMILES string of the molecule is CC(=O)O[C@H]1[C@H](OC(C)=O)[C@H](O)N(C(=O)OCc2ccccc2)C[C@H]1OC(C)=O. The molecular formula is C19H23NO9. The molecule has 1 aliphatic heterocycles. The molecule has 0 unspecified atom stereocenters. The largest absolute Gasteiger partial charge is 0.457 e. The number of piperidine rings is 1. The van der Waals surface area contributed by atoms with E-state index < -0.39 is 48.5 Å². The molecule has 1 amide bonds. The van der Waals surface area contributed by atoms with E-state index in [1.807, 2.05) is 6.07 Å². The Labute approximate surface area is 167 Å². The van der Waals surface area contributed by atoms with E-state index in [1.165, 1.54) is 0 Å². The predicted octanol–water partition coefficient (Wildman–Crippen LogP) is 0.752. The van der Waals surface area contributed by atoms with Crippen LogP contribution in [0, 0.1) is 0 Å². The molecule has 10 heteroatoms. The molecule has 1 aromatic rings. The van der Waals surface area contributed by atoms with Crippen LogP contribution in [0.15, 0.2) is 30.3 Å². The third-order valence-electron chi connectivity index (χ3n) is 4.04. The number of esters is 3. The zero-order valence-corrected chi connectivity index (χ0v) is 16.3. The van der Waals surface area contributed by atoms with Gasteiger partial charge in [0.25, 0.3) is 0 Å². The van der Waals surface area contributed by atoms with E-state index in [0.717, 1.165) is 31.2 Å². The van der Waals surface area contributed by atoms with Crippen molar-refractivity contribution in [3.05, 3.63) is 35.9 Å². The van der Waals surface area contributed by atoms with Crippen molar-refractivity contribution >= 4 is 24.0 Å². The zero-order chi connectivity index (χ0) is 21.6. The van der Waals surface area contributed by atoms with Crippen LogP contribution in [0.5, 0.6) is 0 Å². The lowest BCUT2D eigenvalue weighted by molar-refractivity contribution is -0.223. The van der Waals surface area contributed by atoms with Gasteiger partial charge < -0.3 is 24.1 Å². The van der Waals surface area contributed by atoms with Crippen LogP contribution >= 0.6 is 0 Å². The molecule has 29 heavy (non-hydrogen) atoms. The highest BCUT2D eigenvalue weighted by Gasteiger charge is 2.50. The molecule has 2 rings (SSSR count). The van der Waals surface area contributed by atoms with Crippen molar-refractivity contribution in [2.75, 3.05) is 6.54 Å². The summed E-state index contributed by atoms with van der Waals surface area (Å²) < 4.78 is 20.5. The number of carbonyl (C=O) groups is 4. The number of rotatable bonds is 5. The van der Waals surface area contributed by atoms with Gasteiger partial charge in [-0.1, -0.05) is 30.3 Å². The minimum atomic E-state index is -1.68. The molecule has 0 radical (unpaired) electrons. The van der Waals surface area contributed by atoms with Crippen LogP contribution in [0.25, 0.3) is 0 Å². The molecule has 10 nitrogen and oxygen atoms in total. The predicted molar refractivity (Wildman–Crippen MR) is 96.0 cm³/mol. The van der Waals surface area contributed by atoms with Crippen molar-refractivity contribution in [1.29, 1.82) is 0 Å². The Balaban J connectivity index is 2.22. The number of aliphatic hydroxyl groups is 1. The van der Waals surface area contributed by atoms with Crippen molar-refractivity contribution in [2.45, 2.75) is 51.9 Å². The van der Waals surface area contributed by atoms with Gasteiger partial charge in [-0.15, -0.1) is 0 Å². The first kappa shape index (κ1) is 22.2. The maximum Gasteiger partial charge on any atom is 0.412 e. The second-order valence-electron chi connectivity index (χ2n) is 6.40. The number of hydrogen-bond donors (Lipinski definition) is 1. The van der Waals surface area contributed by atoms with Gasteiger partial charge in [-0.25, -0.2) is 4.79 Å². The standard InChI is InChI=1S/C19H23NO9/c1-11(21)27-15-9-20(19(25)26-10-14-7-5-4-6-8-14)18(24)17(29-13(3)23)16(15)28-12(2)22/h4-8,15-18,24H,9-10H2,1-3H3/t15-,16-,17+,18+/m1/s1. The lowest BCUT2D eigenvalue weighted by Crippen LogP contribution is -2.65. The molecule has 1 fully saturated rings. The van der Waals surface area contributed by atoms with E-state index >= 15 is 0 Å². The fourth-order valence-electron chi connectivity index (χ4n) is 2.92. The van der Waals surface area contributed by atoms with Crippen molar-refractivity contribution in [1.82, 2.24) is 4.90 Å². The molecule has 0 spiro atoms. The first-order valence-corrected chi connectivity index (χ1v) is 8.86. The quantitative estimate of drug-likeness (QED) is 0.553. The smallest absolute Gasteiger partial charge is 0.412 e. The van der Waals surface area contributed by atoms with Crippen molar-refractivity contribution < 1.29 is 43.2 Å². The molecule has 1 aromatic carbocycles. The lowest BCUT2D eigenvalue weighted by atomic mass is 9.99. The summed E-state index contributed by atoms with van der Waals surface area (Å²) in [6.45, 7) is 2.94. The van der Waals surface area contributed by atoms with Gasteiger partial charge in [0, 0.05) is 20.8 Å². The molecule has 0 bridgehead atoms. The molecule has 158 valence electrons. The van der Waals surface area contributed by atoms with Gasteiger partial charge in [-0.05, 0) is 5.56 Å². The summed E-state index contributed by atoms with van der Waals surface area (Å²) in [6.07, 6.45) is -6.55. The topological polar surface area (TPSA) is 129 Å². The Kier molecular flexibility index (Phi) is 7.54. The Morgan fingerprint density at radius 2 is 1.48 bits per heavy atom. The van der Waals surface area contributed by atoms with Crippen LogP contribution in [0.3, 0.4) is 0 Å². The average Bonchev–Trinajstić information content (AvgIpc) is 2.64. The summed E-state index contributed by atoms with van der Waals surface area (Å²) >= 11 is 0. The molecule has 1 saturated heterocycles. The molecule has 4 atom stereocenters. The second-order valence-corrected chi connectivity index (χ2v) is 6.40. The molecule has 1 N–H and O–H groups in total. The summed E-state index contributed by atoms with van der Waals surface area (Å²) in [6, 6.07) is 8.86. The van der Waals surface area contributed by atoms with Gasteiger partial charge in [-0.2, -0.15) is 0 Å². The maximum absolute atomic E-state index is 12.5. The van der Waals surface area contributed by atoms with E-state index in [9.17, 15) is 24.3 Å². The van der Waals surface area contributed by atoms with Gasteiger partial charge in [0.2, 0.25) is 0 Å². The van der Waals surface area contributed by atoms with Crippen molar-refractivity contribution in [2.24, 2.45) is 0 Å². The first-order chi connectivity index (χ1) is 13.7. The second kappa shape index (κ2) is 9.87. The van der Waals surface area contributed by atoms with Crippen molar-refractivity contribution in [3.63, 3.8) is 0 Å². The fraction of sp³-hybridized carbons (Fsp3) is 0.474. The van der Waals surface area contributed by atoms with E-state index in [4.69, 9.17) is 18.9 Å². The summed E-state index contributed by atoms with van der Waals surface area (Å²) in [5, 5.41) is 10.6. The highest BCUT2D eigenvalue weighted by Crippen LogP contribution is 2.26. The Bertz CT molecular complexity index is 751. The number of benzene rings is 1. The van der Waals surface area contributed by atoms with Crippen LogP contribution < -0.4 is 0 Å². The Morgan fingerprint density at radius 1 is 0.931 bits per heavy atom. The third kappa shape index (κ3) is 6.18. The lowest BCUT2D eigenvalue weighted by Gasteiger charge is -2.44. The monoisotopic (exact) mass is 409 g/mol. The Hall–Kier alpha value is -3.14. The highest BCUT2D eigenvalue weighted by molar-refractivity contribution is 5.70. The molecule has 1 heterocycles. The summed E-state index contributed by atoms with van der Waals surface area (Å²) in [4.78, 5) is 47.8. The van der Waals surface area contributed by atoms with Gasteiger partial charge >= 0.3 is 24.0 Å². The zero-order valence-electron chi connectivity index (χ0n) is 16.3. The van der Waals surface area contributed by atoms with E-state index in [2.05, 4.69) is 0 Å². The number of nitrogens with zero attached hydrogens (tertiary/aromatic N) is 1. The number of carbonyl (C=O) groups excluding carboxylic acids is 4. The summed E-state index contributed by atoms with van der Waals surface area (Å²) in [5.74, 6) is -2.23. The highest BCUT2D eigenvalue weighted by atomic mass is 16.6. The van der Waals surface area contributed by atoms with Crippen molar-refractivity contribution in [3.8, 4) is 0 Å². The normalized spacial score (nSPS) is 23.7.